The Labute approximate surface area is 92.8 Å². The quantitative estimate of drug-likeness (QED) is 0.686. The molecule has 0 rings (SSSR count). The van der Waals surface area contributed by atoms with Crippen LogP contribution in [0.5, 0.6) is 0 Å². The lowest BCUT2D eigenvalue weighted by Gasteiger charge is -2.24. The van der Waals surface area contributed by atoms with E-state index in [1.54, 1.807) is 19.1 Å². The Bertz CT molecular complexity index is 185. The van der Waals surface area contributed by atoms with Crippen molar-refractivity contribution in [2.45, 2.75) is 32.7 Å². The second kappa shape index (κ2) is 7.65. The van der Waals surface area contributed by atoms with Crippen molar-refractivity contribution in [2.75, 3.05) is 27.3 Å². The van der Waals surface area contributed by atoms with Crippen LogP contribution in [0.1, 0.15) is 26.7 Å². The van der Waals surface area contributed by atoms with Crippen LogP contribution in [0.4, 0.5) is 0 Å². The first-order chi connectivity index (χ1) is 7.02. The third-order valence-electron chi connectivity index (χ3n) is 2.41. The first-order valence-electron chi connectivity index (χ1n) is 5.52. The van der Waals surface area contributed by atoms with Crippen LogP contribution in [-0.2, 0) is 9.53 Å². The number of carbonyl (C=O) groups excluding carboxylic acids is 1. The van der Waals surface area contributed by atoms with Gasteiger partial charge in [0.1, 0.15) is 0 Å². The molecule has 90 valence electrons. The second-order valence-electron chi connectivity index (χ2n) is 4.12. The standard InChI is InChI=1S/C11H24N2O2/c1-5-6-9(2)11(14)13(3)7-10(12)8-15-4/h9-10H,5-8,12H2,1-4H3. The summed E-state index contributed by atoms with van der Waals surface area (Å²) in [7, 11) is 3.41. The van der Waals surface area contributed by atoms with Crippen LogP contribution < -0.4 is 5.73 Å². The van der Waals surface area contributed by atoms with Crippen molar-refractivity contribution in [3.8, 4) is 0 Å². The summed E-state index contributed by atoms with van der Waals surface area (Å²) in [6.07, 6.45) is 1.97. The fourth-order valence-electron chi connectivity index (χ4n) is 1.64. The van der Waals surface area contributed by atoms with E-state index in [0.717, 1.165) is 12.8 Å². The summed E-state index contributed by atoms with van der Waals surface area (Å²) in [5.74, 6) is 0.262. The van der Waals surface area contributed by atoms with Crippen molar-refractivity contribution in [1.82, 2.24) is 4.90 Å². The molecule has 0 heterocycles. The molecule has 4 nitrogen and oxygen atoms in total. The van der Waals surface area contributed by atoms with Crippen LogP contribution in [-0.4, -0.2) is 44.2 Å². The average molecular weight is 216 g/mol. The fraction of sp³-hybridized carbons (Fsp3) is 0.909. The molecule has 2 atom stereocenters. The molecule has 0 fully saturated rings. The zero-order chi connectivity index (χ0) is 11.8. The van der Waals surface area contributed by atoms with Crippen molar-refractivity contribution >= 4 is 5.91 Å². The van der Waals surface area contributed by atoms with Crippen molar-refractivity contribution < 1.29 is 9.53 Å². The Morgan fingerprint density at radius 3 is 2.60 bits per heavy atom. The number of ether oxygens (including phenoxy) is 1. The van der Waals surface area contributed by atoms with Gasteiger partial charge in [-0.25, -0.2) is 0 Å². The highest BCUT2D eigenvalue weighted by Crippen LogP contribution is 2.08. The Hall–Kier alpha value is -0.610. The molecule has 15 heavy (non-hydrogen) atoms. The number of hydrogen-bond donors (Lipinski definition) is 1. The van der Waals surface area contributed by atoms with Gasteiger partial charge in [0.2, 0.25) is 5.91 Å². The number of carbonyl (C=O) groups is 1. The summed E-state index contributed by atoms with van der Waals surface area (Å²) < 4.78 is 4.93. The summed E-state index contributed by atoms with van der Waals surface area (Å²) in [5, 5.41) is 0. The largest absolute Gasteiger partial charge is 0.383 e. The molecule has 0 saturated carbocycles. The van der Waals surface area contributed by atoms with Crippen molar-refractivity contribution in [3.05, 3.63) is 0 Å². The molecular weight excluding hydrogens is 192 g/mol. The van der Waals surface area contributed by atoms with E-state index in [1.165, 1.54) is 0 Å². The van der Waals surface area contributed by atoms with Gasteiger partial charge in [-0.05, 0) is 6.42 Å². The molecule has 2 unspecified atom stereocenters. The number of likely N-dealkylation sites (N-methyl/N-ethyl adjacent to an activating group) is 1. The first kappa shape index (κ1) is 14.4. The molecular formula is C11H24N2O2. The topological polar surface area (TPSA) is 55.6 Å². The Morgan fingerprint density at radius 2 is 2.13 bits per heavy atom. The molecule has 0 aliphatic rings. The average Bonchev–Trinajstić information content (AvgIpc) is 2.17. The lowest BCUT2D eigenvalue weighted by Crippen LogP contribution is -2.42. The van der Waals surface area contributed by atoms with E-state index >= 15 is 0 Å². The number of hydrogen-bond acceptors (Lipinski definition) is 3. The van der Waals surface area contributed by atoms with E-state index < -0.39 is 0 Å². The summed E-state index contributed by atoms with van der Waals surface area (Å²) >= 11 is 0. The van der Waals surface area contributed by atoms with E-state index in [-0.39, 0.29) is 17.9 Å². The minimum Gasteiger partial charge on any atom is -0.383 e. The molecule has 0 aromatic carbocycles. The Morgan fingerprint density at radius 1 is 1.53 bits per heavy atom. The van der Waals surface area contributed by atoms with Crippen molar-refractivity contribution in [2.24, 2.45) is 11.7 Å². The van der Waals surface area contributed by atoms with E-state index in [0.29, 0.717) is 13.2 Å². The molecule has 0 radical (unpaired) electrons. The minimum atomic E-state index is -0.0993. The zero-order valence-electron chi connectivity index (χ0n) is 10.3. The lowest BCUT2D eigenvalue weighted by atomic mass is 10.0. The highest BCUT2D eigenvalue weighted by atomic mass is 16.5. The van der Waals surface area contributed by atoms with E-state index in [2.05, 4.69) is 6.92 Å². The van der Waals surface area contributed by atoms with E-state index in [9.17, 15) is 4.79 Å². The molecule has 0 aliphatic heterocycles. The molecule has 1 amide bonds. The van der Waals surface area contributed by atoms with Gasteiger partial charge in [0.15, 0.2) is 0 Å². The van der Waals surface area contributed by atoms with Crippen LogP contribution in [0.3, 0.4) is 0 Å². The predicted molar refractivity (Wildman–Crippen MR) is 61.6 cm³/mol. The molecule has 0 aliphatic carbocycles. The third kappa shape index (κ3) is 5.74. The van der Waals surface area contributed by atoms with Gasteiger partial charge >= 0.3 is 0 Å². The highest BCUT2D eigenvalue weighted by Gasteiger charge is 2.18. The van der Waals surface area contributed by atoms with Gasteiger partial charge in [-0.3, -0.25) is 4.79 Å². The monoisotopic (exact) mass is 216 g/mol. The predicted octanol–water partition coefficient (Wildman–Crippen LogP) is 0.855. The van der Waals surface area contributed by atoms with Crippen LogP contribution in [0.25, 0.3) is 0 Å². The van der Waals surface area contributed by atoms with Crippen LogP contribution in [0.2, 0.25) is 0 Å². The maximum absolute atomic E-state index is 11.8. The van der Waals surface area contributed by atoms with Gasteiger partial charge in [-0.2, -0.15) is 0 Å². The van der Waals surface area contributed by atoms with Crippen molar-refractivity contribution in [3.63, 3.8) is 0 Å². The van der Waals surface area contributed by atoms with Gasteiger partial charge in [-0.15, -0.1) is 0 Å². The summed E-state index contributed by atoms with van der Waals surface area (Å²) in [5.41, 5.74) is 5.78. The molecule has 0 saturated heterocycles. The fourth-order valence-corrected chi connectivity index (χ4v) is 1.64. The maximum atomic E-state index is 11.8. The SMILES string of the molecule is CCCC(C)C(=O)N(C)CC(N)COC. The Kier molecular flexibility index (Phi) is 7.34. The number of nitrogens with two attached hydrogens (primary N) is 1. The van der Waals surface area contributed by atoms with Crippen LogP contribution >= 0.6 is 0 Å². The Balaban J connectivity index is 3.97. The zero-order valence-corrected chi connectivity index (χ0v) is 10.3. The third-order valence-corrected chi connectivity index (χ3v) is 2.41. The van der Waals surface area contributed by atoms with Gasteiger partial charge in [-0.1, -0.05) is 20.3 Å². The number of methoxy groups -OCH3 is 1. The second-order valence-corrected chi connectivity index (χ2v) is 4.12. The van der Waals surface area contributed by atoms with Crippen LogP contribution in [0.15, 0.2) is 0 Å². The first-order valence-corrected chi connectivity index (χ1v) is 5.52. The molecule has 0 bridgehead atoms. The molecule has 0 aromatic heterocycles. The van der Waals surface area contributed by atoms with Crippen LogP contribution in [0, 0.1) is 5.92 Å². The number of rotatable bonds is 7. The molecule has 4 heteroatoms. The van der Waals surface area contributed by atoms with Gasteiger partial charge < -0.3 is 15.4 Å². The number of nitrogens with zero attached hydrogens (tertiary/aromatic N) is 1. The van der Waals surface area contributed by atoms with E-state index in [1.807, 2.05) is 6.92 Å². The smallest absolute Gasteiger partial charge is 0.225 e. The van der Waals surface area contributed by atoms with Gasteiger partial charge in [0.05, 0.1) is 6.61 Å². The van der Waals surface area contributed by atoms with E-state index in [4.69, 9.17) is 10.5 Å². The lowest BCUT2D eigenvalue weighted by molar-refractivity contribution is -0.134. The maximum Gasteiger partial charge on any atom is 0.225 e. The summed E-state index contributed by atoms with van der Waals surface area (Å²) in [6.45, 7) is 5.09. The molecule has 2 N–H and O–H groups in total. The minimum absolute atomic E-state index is 0.0924. The molecule has 0 aromatic rings. The highest BCUT2D eigenvalue weighted by molar-refractivity contribution is 5.78. The van der Waals surface area contributed by atoms with Crippen molar-refractivity contribution in [1.29, 1.82) is 0 Å². The van der Waals surface area contributed by atoms with Gasteiger partial charge in [0.25, 0.3) is 0 Å². The normalized spacial score (nSPS) is 14.7. The van der Waals surface area contributed by atoms with Gasteiger partial charge in [0, 0.05) is 32.7 Å². The summed E-state index contributed by atoms with van der Waals surface area (Å²) in [6, 6.07) is -0.0993. The number of amides is 1. The summed E-state index contributed by atoms with van der Waals surface area (Å²) in [4.78, 5) is 13.5. The molecule has 0 spiro atoms.